The molecule has 146 valence electrons. The number of hydrogen-bond acceptors (Lipinski definition) is 4. The number of methoxy groups -OCH3 is 1. The van der Waals surface area contributed by atoms with E-state index in [0.29, 0.717) is 13.2 Å². The Morgan fingerprint density at radius 1 is 1.15 bits per heavy atom. The van der Waals surface area contributed by atoms with Crippen molar-refractivity contribution in [1.82, 2.24) is 14.8 Å². The summed E-state index contributed by atoms with van der Waals surface area (Å²) in [5.74, 6) is -0.0912. The van der Waals surface area contributed by atoms with Gasteiger partial charge in [0.2, 0.25) is 5.91 Å². The van der Waals surface area contributed by atoms with Crippen molar-refractivity contribution in [1.29, 1.82) is 0 Å². The summed E-state index contributed by atoms with van der Waals surface area (Å²) in [4.78, 5) is 26.3. The molecule has 27 heavy (non-hydrogen) atoms. The van der Waals surface area contributed by atoms with Crippen molar-refractivity contribution in [2.45, 2.75) is 20.4 Å². The minimum atomic E-state index is -0.114. The average molecular weight is 371 g/mol. The highest BCUT2D eigenvalue weighted by Crippen LogP contribution is 2.18. The second kappa shape index (κ2) is 10.0. The number of ketones is 1. The molecular weight excluding hydrogens is 342 g/mol. The van der Waals surface area contributed by atoms with Crippen LogP contribution in [0.5, 0.6) is 0 Å². The number of Topliss-reactive ketones (excluding diaryl/α,β-unsaturated/α-hetero) is 1. The fourth-order valence-corrected chi connectivity index (χ4v) is 3.07. The maximum absolute atomic E-state index is 12.7. The van der Waals surface area contributed by atoms with Crippen LogP contribution in [0.15, 0.2) is 36.4 Å². The van der Waals surface area contributed by atoms with Gasteiger partial charge in [0.05, 0.1) is 19.7 Å². The number of likely N-dealkylation sites (N-methyl/N-ethyl adjacent to an activating group) is 1. The van der Waals surface area contributed by atoms with Crippen LogP contribution in [0.2, 0.25) is 0 Å². The van der Waals surface area contributed by atoms with Crippen molar-refractivity contribution in [3.63, 3.8) is 0 Å². The third-order valence-electron chi connectivity index (χ3n) is 4.51. The predicted molar refractivity (Wildman–Crippen MR) is 106 cm³/mol. The molecule has 0 aliphatic carbocycles. The lowest BCUT2D eigenvalue weighted by atomic mass is 10.1. The molecule has 2 aromatic rings. The van der Waals surface area contributed by atoms with Crippen LogP contribution in [0.1, 0.15) is 27.3 Å². The summed E-state index contributed by atoms with van der Waals surface area (Å²) < 4.78 is 7.06. The van der Waals surface area contributed by atoms with Gasteiger partial charge < -0.3 is 14.6 Å². The van der Waals surface area contributed by atoms with Gasteiger partial charge in [0.15, 0.2) is 5.78 Å². The molecule has 1 amide bonds. The van der Waals surface area contributed by atoms with Crippen LogP contribution < -0.4 is 5.32 Å². The summed E-state index contributed by atoms with van der Waals surface area (Å²) in [6.45, 7) is 6.05. The van der Waals surface area contributed by atoms with E-state index in [2.05, 4.69) is 22.0 Å². The van der Waals surface area contributed by atoms with Gasteiger partial charge in [-0.1, -0.05) is 30.3 Å². The summed E-state index contributed by atoms with van der Waals surface area (Å²) in [5, 5.41) is 2.76. The fraction of sp³-hybridized carbons (Fsp3) is 0.429. The first-order valence-corrected chi connectivity index (χ1v) is 9.10. The Morgan fingerprint density at radius 2 is 1.85 bits per heavy atom. The van der Waals surface area contributed by atoms with Crippen LogP contribution in [0.4, 0.5) is 0 Å². The average Bonchev–Trinajstić information content (AvgIpc) is 2.91. The summed E-state index contributed by atoms with van der Waals surface area (Å²) in [5.41, 5.74) is 3.93. The molecule has 0 bridgehead atoms. The second-order valence-corrected chi connectivity index (χ2v) is 6.79. The van der Waals surface area contributed by atoms with E-state index >= 15 is 0 Å². The van der Waals surface area contributed by atoms with Crippen molar-refractivity contribution in [3.8, 4) is 0 Å². The highest BCUT2D eigenvalue weighted by molar-refractivity contribution is 5.99. The van der Waals surface area contributed by atoms with E-state index < -0.39 is 0 Å². The number of aryl methyl sites for hydroxylation is 1. The molecule has 1 heterocycles. The van der Waals surface area contributed by atoms with E-state index in [1.807, 2.05) is 38.1 Å². The molecule has 0 saturated heterocycles. The summed E-state index contributed by atoms with van der Waals surface area (Å²) in [6, 6.07) is 12.1. The molecule has 0 spiro atoms. The number of nitrogens with one attached hydrogen (secondary N) is 1. The summed E-state index contributed by atoms with van der Waals surface area (Å²) >= 11 is 0. The molecule has 6 heteroatoms. The molecule has 0 fully saturated rings. The number of nitrogens with zero attached hydrogens (tertiary/aromatic N) is 2. The Bertz CT molecular complexity index is 768. The van der Waals surface area contributed by atoms with Crippen LogP contribution in [-0.4, -0.2) is 61.6 Å². The molecule has 1 N–H and O–H groups in total. The van der Waals surface area contributed by atoms with E-state index in [9.17, 15) is 9.59 Å². The number of aromatic nitrogens is 1. The van der Waals surface area contributed by atoms with Crippen molar-refractivity contribution >= 4 is 11.7 Å². The largest absolute Gasteiger partial charge is 0.383 e. The van der Waals surface area contributed by atoms with Crippen molar-refractivity contribution in [2.75, 3.05) is 40.4 Å². The van der Waals surface area contributed by atoms with E-state index in [1.165, 1.54) is 5.56 Å². The van der Waals surface area contributed by atoms with E-state index in [4.69, 9.17) is 4.74 Å². The molecule has 2 rings (SSSR count). The Morgan fingerprint density at radius 3 is 2.52 bits per heavy atom. The van der Waals surface area contributed by atoms with Crippen molar-refractivity contribution < 1.29 is 14.3 Å². The fourth-order valence-electron chi connectivity index (χ4n) is 3.07. The lowest BCUT2D eigenvalue weighted by molar-refractivity contribution is -0.122. The van der Waals surface area contributed by atoms with Gasteiger partial charge in [-0.2, -0.15) is 0 Å². The van der Waals surface area contributed by atoms with Gasteiger partial charge in [0.25, 0.3) is 0 Å². The topological polar surface area (TPSA) is 63.6 Å². The first-order chi connectivity index (χ1) is 12.9. The van der Waals surface area contributed by atoms with Gasteiger partial charge >= 0.3 is 0 Å². The van der Waals surface area contributed by atoms with Gasteiger partial charge in [0.1, 0.15) is 0 Å². The predicted octanol–water partition coefficient (Wildman–Crippen LogP) is 2.03. The maximum Gasteiger partial charge on any atom is 0.234 e. The molecular formula is C21H29N3O3. The van der Waals surface area contributed by atoms with Crippen LogP contribution >= 0.6 is 0 Å². The van der Waals surface area contributed by atoms with E-state index in [1.54, 1.807) is 19.1 Å². The second-order valence-electron chi connectivity index (χ2n) is 6.79. The number of ether oxygens (including phenoxy) is 1. The first kappa shape index (κ1) is 20.9. The Kier molecular flexibility index (Phi) is 7.76. The summed E-state index contributed by atoms with van der Waals surface area (Å²) in [7, 11) is 3.36. The van der Waals surface area contributed by atoms with Crippen LogP contribution in [0, 0.1) is 13.8 Å². The molecule has 1 aromatic carbocycles. The Balaban J connectivity index is 1.98. The molecule has 0 saturated carbocycles. The zero-order chi connectivity index (χ0) is 19.8. The van der Waals surface area contributed by atoms with Crippen LogP contribution in [0.25, 0.3) is 0 Å². The third-order valence-corrected chi connectivity index (χ3v) is 4.51. The Hall–Kier alpha value is -2.44. The summed E-state index contributed by atoms with van der Waals surface area (Å²) in [6.07, 6.45) is 0. The minimum Gasteiger partial charge on any atom is -0.383 e. The number of amides is 1. The van der Waals surface area contributed by atoms with Gasteiger partial charge in [-0.15, -0.1) is 0 Å². The van der Waals surface area contributed by atoms with Crippen LogP contribution in [0.3, 0.4) is 0 Å². The molecule has 0 atom stereocenters. The molecule has 0 aliphatic rings. The highest BCUT2D eigenvalue weighted by atomic mass is 16.5. The SMILES string of the molecule is COCCNC(=O)CN(C)CC(=O)c1cc(C)n(Cc2ccccc2)c1C. The molecule has 6 nitrogen and oxygen atoms in total. The van der Waals surface area contributed by atoms with Crippen molar-refractivity contribution in [2.24, 2.45) is 0 Å². The standard InChI is InChI=1S/C21H29N3O3/c1-16-12-19(17(2)24(16)13-18-8-6-5-7-9-18)20(25)14-23(3)15-21(26)22-10-11-27-4/h5-9,12H,10-11,13-15H2,1-4H3,(H,22,26). The van der Waals surface area contributed by atoms with Crippen LogP contribution in [-0.2, 0) is 16.1 Å². The van der Waals surface area contributed by atoms with Gasteiger partial charge in [-0.05, 0) is 32.5 Å². The quantitative estimate of drug-likeness (QED) is 0.513. The number of carbonyl (C=O) groups excluding carboxylic acids is 2. The molecule has 0 aliphatic heterocycles. The molecule has 1 aromatic heterocycles. The highest BCUT2D eigenvalue weighted by Gasteiger charge is 2.18. The Labute approximate surface area is 161 Å². The minimum absolute atomic E-state index is 0.0228. The maximum atomic E-state index is 12.7. The number of rotatable bonds is 10. The smallest absolute Gasteiger partial charge is 0.234 e. The van der Waals surface area contributed by atoms with Gasteiger partial charge in [0, 0.05) is 37.2 Å². The molecule has 0 unspecified atom stereocenters. The molecule has 0 radical (unpaired) electrons. The first-order valence-electron chi connectivity index (χ1n) is 9.10. The van der Waals surface area contributed by atoms with E-state index in [-0.39, 0.29) is 24.8 Å². The van der Waals surface area contributed by atoms with Gasteiger partial charge in [-0.3, -0.25) is 14.5 Å². The zero-order valence-corrected chi connectivity index (χ0v) is 16.6. The third kappa shape index (κ3) is 6.05. The van der Waals surface area contributed by atoms with Crippen molar-refractivity contribution in [3.05, 3.63) is 58.9 Å². The normalized spacial score (nSPS) is 11.0. The monoisotopic (exact) mass is 371 g/mol. The lowest BCUT2D eigenvalue weighted by Crippen LogP contribution is -2.38. The number of carbonyl (C=O) groups is 2. The number of hydrogen-bond donors (Lipinski definition) is 1. The lowest BCUT2D eigenvalue weighted by Gasteiger charge is -2.15. The van der Waals surface area contributed by atoms with E-state index in [0.717, 1.165) is 23.5 Å². The number of benzene rings is 1. The van der Waals surface area contributed by atoms with Gasteiger partial charge in [-0.25, -0.2) is 0 Å². The zero-order valence-electron chi connectivity index (χ0n) is 16.6.